The molecule has 2 aromatic carbocycles. The minimum atomic E-state index is -3.43. The van der Waals surface area contributed by atoms with Gasteiger partial charge in [0, 0.05) is 49.2 Å². The van der Waals surface area contributed by atoms with Gasteiger partial charge in [0.05, 0.1) is 24.2 Å². The fourth-order valence-corrected chi connectivity index (χ4v) is 7.91. The van der Waals surface area contributed by atoms with E-state index in [0.29, 0.717) is 36.8 Å². The average molecular weight is 584 g/mol. The Morgan fingerprint density at radius 1 is 1.12 bits per heavy atom. The average Bonchev–Trinajstić information content (AvgIpc) is 3.75. The smallest absolute Gasteiger partial charge is 0.217 e. The van der Waals surface area contributed by atoms with E-state index in [1.54, 1.807) is 28.5 Å². The van der Waals surface area contributed by atoms with Gasteiger partial charge in [-0.1, -0.05) is 48.9 Å². The van der Waals surface area contributed by atoms with Gasteiger partial charge >= 0.3 is 0 Å². The van der Waals surface area contributed by atoms with Crippen LogP contribution in [0.5, 0.6) is 5.75 Å². The van der Waals surface area contributed by atoms with Gasteiger partial charge in [-0.25, -0.2) is 13.4 Å². The third-order valence-corrected chi connectivity index (χ3v) is 10.6. The molecule has 0 amide bonds. The van der Waals surface area contributed by atoms with E-state index in [9.17, 15) is 8.42 Å². The van der Waals surface area contributed by atoms with E-state index in [4.69, 9.17) is 27.8 Å². The molecule has 0 spiro atoms. The molecule has 0 radical (unpaired) electrons. The van der Waals surface area contributed by atoms with Crippen LogP contribution in [-0.2, 0) is 10.0 Å². The Morgan fingerprint density at radius 2 is 1.88 bits per heavy atom. The number of nitrogens with zero attached hydrogens (tertiary/aromatic N) is 5. The summed E-state index contributed by atoms with van der Waals surface area (Å²) in [4.78, 5) is 8.21. The van der Waals surface area contributed by atoms with Crippen LogP contribution in [0.15, 0.2) is 72.3 Å². The van der Waals surface area contributed by atoms with Crippen molar-refractivity contribution in [2.24, 2.45) is 11.5 Å². The van der Waals surface area contributed by atoms with Crippen molar-refractivity contribution < 1.29 is 13.2 Å². The first-order chi connectivity index (χ1) is 19.2. The number of aromatic nitrogens is 2. The third kappa shape index (κ3) is 4.60. The molecule has 1 aliphatic carbocycles. The summed E-state index contributed by atoms with van der Waals surface area (Å²) >= 11 is 6.07. The quantitative estimate of drug-likeness (QED) is 0.435. The Labute approximate surface area is 239 Å². The number of halogens is 1. The summed E-state index contributed by atoms with van der Waals surface area (Å²) in [6, 6.07) is 15.8. The maximum absolute atomic E-state index is 13.5. The fraction of sp³-hybridized carbons (Fsp3) is 0.393. The predicted octanol–water partition coefficient (Wildman–Crippen LogP) is 3.05. The molecule has 3 aliphatic rings. The summed E-state index contributed by atoms with van der Waals surface area (Å²) in [6.07, 6.45) is 3.66. The van der Waals surface area contributed by atoms with Crippen LogP contribution in [0.25, 0.3) is 5.69 Å². The van der Waals surface area contributed by atoms with Crippen LogP contribution in [-0.4, -0.2) is 71.6 Å². The molecule has 0 saturated heterocycles. The largest absolute Gasteiger partial charge is 0.494 e. The summed E-state index contributed by atoms with van der Waals surface area (Å²) in [5.41, 5.74) is 18.2. The topological polar surface area (TPSA) is 123 Å². The number of anilines is 1. The summed E-state index contributed by atoms with van der Waals surface area (Å²) in [5, 5.41) is 0.0742. The van der Waals surface area contributed by atoms with Crippen molar-refractivity contribution in [1.29, 1.82) is 0 Å². The van der Waals surface area contributed by atoms with Gasteiger partial charge in [-0.05, 0) is 36.1 Å². The highest BCUT2D eigenvalue weighted by Crippen LogP contribution is 2.45. The second-order valence-electron chi connectivity index (χ2n) is 10.4. The Bertz CT molecular complexity index is 1540. The Morgan fingerprint density at radius 3 is 2.50 bits per heavy atom. The molecular weight excluding hydrogens is 550 g/mol. The molecule has 6 rings (SSSR count). The van der Waals surface area contributed by atoms with E-state index in [-0.39, 0.29) is 17.7 Å². The Kier molecular flexibility index (Phi) is 7.14. The number of rotatable bonds is 7. The van der Waals surface area contributed by atoms with Gasteiger partial charge in [0.2, 0.25) is 10.0 Å². The molecule has 12 heteroatoms. The monoisotopic (exact) mass is 583 g/mol. The molecule has 4 N–H and O–H groups in total. The van der Waals surface area contributed by atoms with E-state index >= 15 is 0 Å². The highest BCUT2D eigenvalue weighted by molar-refractivity contribution is 7.90. The molecule has 212 valence electrons. The van der Waals surface area contributed by atoms with Crippen molar-refractivity contribution in [3.63, 3.8) is 0 Å². The zero-order valence-corrected chi connectivity index (χ0v) is 24.1. The van der Waals surface area contributed by atoms with Crippen molar-refractivity contribution in [2.45, 2.75) is 43.4 Å². The molecule has 1 aromatic heterocycles. The second-order valence-corrected chi connectivity index (χ2v) is 13.0. The standard InChI is InChI=1S/C28H34ClN7O3S/c1-3-35-27(30)22-15-34(40(37,38)20-10-11-20)14-21(18-7-5-4-6-8-18)26(22)36(28(35)31)19-9-12-23(24(13-19)39-2)33-16-25(29)32-17-33/h4-9,12-13,16-17,20-21,27-28H,3,10-11,14-15,30-31H2,1-2H3. The number of imidazole rings is 1. The van der Waals surface area contributed by atoms with Crippen molar-refractivity contribution in [2.75, 3.05) is 31.6 Å². The van der Waals surface area contributed by atoms with Crippen LogP contribution < -0.4 is 21.1 Å². The molecule has 3 atom stereocenters. The number of hydrogen-bond donors (Lipinski definition) is 2. The molecule has 3 heterocycles. The zero-order chi connectivity index (χ0) is 28.2. The first-order valence-electron chi connectivity index (χ1n) is 13.5. The van der Waals surface area contributed by atoms with Gasteiger partial charge < -0.3 is 19.9 Å². The Hall–Kier alpha value is -2.93. The minimum Gasteiger partial charge on any atom is -0.494 e. The van der Waals surface area contributed by atoms with E-state index in [0.717, 1.165) is 28.2 Å². The molecule has 40 heavy (non-hydrogen) atoms. The maximum atomic E-state index is 13.5. The van der Waals surface area contributed by atoms with Gasteiger partial charge in [-0.15, -0.1) is 0 Å². The number of nitrogens with two attached hydrogens (primary N) is 2. The SMILES string of the molecule is CCN1C(N)C2=C(C(c3ccccc3)CN(S(=O)(=O)C3CC3)C2)N(c2ccc(-n3cnc(Cl)c3)c(OC)c2)C1N. The lowest BCUT2D eigenvalue weighted by molar-refractivity contribution is 0.139. The number of methoxy groups -OCH3 is 1. The van der Waals surface area contributed by atoms with Gasteiger partial charge in [0.1, 0.15) is 23.5 Å². The van der Waals surface area contributed by atoms with Crippen LogP contribution in [0.1, 0.15) is 31.2 Å². The van der Waals surface area contributed by atoms with E-state index in [2.05, 4.69) is 9.88 Å². The lowest BCUT2D eigenvalue weighted by Crippen LogP contribution is -2.67. The van der Waals surface area contributed by atoms with E-state index < -0.39 is 22.5 Å². The van der Waals surface area contributed by atoms with Crippen LogP contribution >= 0.6 is 11.6 Å². The van der Waals surface area contributed by atoms with Crippen molar-refractivity contribution >= 4 is 27.3 Å². The molecule has 3 unspecified atom stereocenters. The minimum absolute atomic E-state index is 0.237. The number of likely N-dealkylation sites (N-methyl/N-ethyl adjacent to an activating group) is 1. The molecule has 1 saturated carbocycles. The third-order valence-electron chi connectivity index (χ3n) is 8.11. The number of ether oxygens (including phenoxy) is 1. The lowest BCUT2D eigenvalue weighted by atomic mass is 9.86. The summed E-state index contributed by atoms with van der Waals surface area (Å²) in [6.45, 7) is 3.16. The first kappa shape index (κ1) is 27.3. The van der Waals surface area contributed by atoms with Crippen LogP contribution in [0, 0.1) is 0 Å². The molecule has 1 fully saturated rings. The van der Waals surface area contributed by atoms with E-state index in [1.165, 1.54) is 0 Å². The van der Waals surface area contributed by atoms with Crippen molar-refractivity contribution in [3.05, 3.63) is 83.0 Å². The van der Waals surface area contributed by atoms with Crippen LogP contribution in [0.3, 0.4) is 0 Å². The molecule has 3 aromatic rings. The predicted molar refractivity (Wildman–Crippen MR) is 156 cm³/mol. The molecule has 10 nitrogen and oxygen atoms in total. The zero-order valence-electron chi connectivity index (χ0n) is 22.5. The number of hydrogen-bond acceptors (Lipinski definition) is 8. The summed E-state index contributed by atoms with van der Waals surface area (Å²) in [5.74, 6) is 0.358. The lowest BCUT2D eigenvalue weighted by Gasteiger charge is -2.52. The van der Waals surface area contributed by atoms with Crippen LogP contribution in [0.2, 0.25) is 5.15 Å². The van der Waals surface area contributed by atoms with Gasteiger partial charge in [0.15, 0.2) is 0 Å². The van der Waals surface area contributed by atoms with Gasteiger partial charge in [-0.3, -0.25) is 10.6 Å². The first-order valence-corrected chi connectivity index (χ1v) is 15.3. The highest BCUT2D eigenvalue weighted by Gasteiger charge is 2.48. The molecule has 2 aliphatic heterocycles. The number of sulfonamides is 1. The number of benzene rings is 2. The van der Waals surface area contributed by atoms with Gasteiger partial charge in [0.25, 0.3) is 0 Å². The van der Waals surface area contributed by atoms with Gasteiger partial charge in [-0.2, -0.15) is 4.31 Å². The maximum Gasteiger partial charge on any atom is 0.217 e. The van der Waals surface area contributed by atoms with Crippen molar-refractivity contribution in [3.8, 4) is 11.4 Å². The highest BCUT2D eigenvalue weighted by atomic mass is 35.5. The fourth-order valence-electron chi connectivity index (χ4n) is 5.93. The summed E-state index contributed by atoms with van der Waals surface area (Å²) in [7, 11) is -1.82. The van der Waals surface area contributed by atoms with Crippen molar-refractivity contribution in [1.82, 2.24) is 18.8 Å². The molecular formula is C28H34ClN7O3S. The molecule has 0 bridgehead atoms. The second kappa shape index (κ2) is 10.5. The van der Waals surface area contributed by atoms with E-state index in [1.807, 2.05) is 60.4 Å². The Balaban J connectivity index is 1.52. The summed E-state index contributed by atoms with van der Waals surface area (Å²) < 4.78 is 36.2. The normalized spacial score (nSPS) is 24.3. The van der Waals surface area contributed by atoms with Crippen LogP contribution in [0.4, 0.5) is 5.69 Å².